The molecule has 1 rings (SSSR count). The van der Waals surface area contributed by atoms with Crippen molar-refractivity contribution in [1.29, 1.82) is 0 Å². The Morgan fingerprint density at radius 3 is 2.55 bits per heavy atom. The van der Waals surface area contributed by atoms with Crippen molar-refractivity contribution in [2.75, 3.05) is 13.2 Å². The molecular weight excluding hydrogens is 282 g/mol. The molecule has 22 heavy (non-hydrogen) atoms. The van der Waals surface area contributed by atoms with Crippen LogP contribution in [0.5, 0.6) is 0 Å². The number of hydrogen-bond donors (Lipinski definition) is 5. The third-order valence-electron chi connectivity index (χ3n) is 3.20. The number of aliphatic hydroxyl groups excluding tert-OH is 1. The van der Waals surface area contributed by atoms with Gasteiger partial charge in [0.2, 0.25) is 5.91 Å². The fourth-order valence-corrected chi connectivity index (χ4v) is 2.02. The average Bonchev–Trinajstić information content (AvgIpc) is 2.51. The maximum atomic E-state index is 12.0. The van der Waals surface area contributed by atoms with Gasteiger partial charge >= 0.3 is 0 Å². The Balaban J connectivity index is 2.38. The summed E-state index contributed by atoms with van der Waals surface area (Å²) in [7, 11) is 0. The highest BCUT2D eigenvalue weighted by Gasteiger charge is 2.17. The van der Waals surface area contributed by atoms with E-state index >= 15 is 0 Å². The van der Waals surface area contributed by atoms with E-state index in [-0.39, 0.29) is 24.5 Å². The van der Waals surface area contributed by atoms with Crippen LogP contribution in [-0.2, 0) is 11.2 Å². The second-order valence-corrected chi connectivity index (χ2v) is 5.13. The SMILES string of the molecule is NC(N)=NCCC[C@@H](N)C(=O)N[C@H](CO)Cc1ccccc1. The summed E-state index contributed by atoms with van der Waals surface area (Å²) in [6.07, 6.45) is 1.66. The van der Waals surface area contributed by atoms with Gasteiger partial charge in [0.1, 0.15) is 0 Å². The lowest BCUT2D eigenvalue weighted by Crippen LogP contribution is -2.47. The number of aliphatic imine (C=N–C) groups is 1. The number of aliphatic hydroxyl groups is 1. The molecule has 1 aromatic rings. The zero-order valence-corrected chi connectivity index (χ0v) is 12.6. The van der Waals surface area contributed by atoms with E-state index in [1.54, 1.807) is 0 Å². The minimum Gasteiger partial charge on any atom is -0.394 e. The molecule has 7 heteroatoms. The number of nitrogens with one attached hydrogen (secondary N) is 1. The summed E-state index contributed by atoms with van der Waals surface area (Å²) >= 11 is 0. The Kier molecular flexibility index (Phi) is 7.95. The molecule has 0 bridgehead atoms. The minimum atomic E-state index is -0.640. The van der Waals surface area contributed by atoms with Crippen LogP contribution < -0.4 is 22.5 Å². The van der Waals surface area contributed by atoms with E-state index in [1.807, 2.05) is 30.3 Å². The molecule has 0 aliphatic rings. The van der Waals surface area contributed by atoms with Gasteiger partial charge in [0.05, 0.1) is 18.7 Å². The number of nitrogens with zero attached hydrogens (tertiary/aromatic N) is 1. The highest BCUT2D eigenvalue weighted by atomic mass is 16.3. The van der Waals surface area contributed by atoms with Gasteiger partial charge in [-0.15, -0.1) is 0 Å². The molecule has 0 saturated carbocycles. The number of nitrogens with two attached hydrogens (primary N) is 3. The molecular formula is C15H25N5O2. The first-order valence-corrected chi connectivity index (χ1v) is 7.29. The molecule has 1 amide bonds. The van der Waals surface area contributed by atoms with Gasteiger partial charge in [0.25, 0.3) is 0 Å². The molecule has 0 fully saturated rings. The third-order valence-corrected chi connectivity index (χ3v) is 3.20. The van der Waals surface area contributed by atoms with Gasteiger partial charge in [0.15, 0.2) is 5.96 Å². The van der Waals surface area contributed by atoms with Crippen molar-refractivity contribution in [2.45, 2.75) is 31.3 Å². The highest BCUT2D eigenvalue weighted by Crippen LogP contribution is 2.04. The second-order valence-electron chi connectivity index (χ2n) is 5.13. The van der Waals surface area contributed by atoms with Gasteiger partial charge in [-0.2, -0.15) is 0 Å². The molecule has 0 heterocycles. The Morgan fingerprint density at radius 2 is 1.95 bits per heavy atom. The van der Waals surface area contributed by atoms with Gasteiger partial charge in [-0.1, -0.05) is 30.3 Å². The molecule has 1 aromatic carbocycles. The van der Waals surface area contributed by atoms with E-state index in [9.17, 15) is 9.90 Å². The first kappa shape index (κ1) is 17.9. The van der Waals surface area contributed by atoms with Crippen LogP contribution in [0, 0.1) is 0 Å². The summed E-state index contributed by atoms with van der Waals surface area (Å²) < 4.78 is 0. The van der Waals surface area contributed by atoms with Crippen molar-refractivity contribution < 1.29 is 9.90 Å². The zero-order valence-electron chi connectivity index (χ0n) is 12.6. The first-order valence-electron chi connectivity index (χ1n) is 7.29. The quantitative estimate of drug-likeness (QED) is 0.228. The Hall–Kier alpha value is -2.12. The topological polar surface area (TPSA) is 140 Å². The predicted octanol–water partition coefficient (Wildman–Crippen LogP) is -0.913. The fraction of sp³-hybridized carbons (Fsp3) is 0.467. The van der Waals surface area contributed by atoms with Gasteiger partial charge in [-0.3, -0.25) is 9.79 Å². The van der Waals surface area contributed by atoms with Gasteiger partial charge < -0.3 is 27.6 Å². The minimum absolute atomic E-state index is 0.0289. The lowest BCUT2D eigenvalue weighted by atomic mass is 10.1. The molecule has 0 unspecified atom stereocenters. The maximum Gasteiger partial charge on any atom is 0.237 e. The smallest absolute Gasteiger partial charge is 0.237 e. The number of guanidine groups is 1. The molecule has 2 atom stereocenters. The van der Waals surface area contributed by atoms with Crippen molar-refractivity contribution in [3.8, 4) is 0 Å². The fourth-order valence-electron chi connectivity index (χ4n) is 2.02. The lowest BCUT2D eigenvalue weighted by Gasteiger charge is -2.19. The molecule has 122 valence electrons. The molecule has 7 nitrogen and oxygen atoms in total. The van der Waals surface area contributed by atoms with E-state index in [0.717, 1.165) is 5.56 Å². The number of carbonyl (C=O) groups excluding carboxylic acids is 1. The van der Waals surface area contributed by atoms with E-state index in [0.29, 0.717) is 25.8 Å². The van der Waals surface area contributed by atoms with Crippen molar-refractivity contribution in [1.82, 2.24) is 5.32 Å². The van der Waals surface area contributed by atoms with Gasteiger partial charge in [0, 0.05) is 6.54 Å². The molecule has 0 aliphatic carbocycles. The number of rotatable bonds is 9. The van der Waals surface area contributed by atoms with Crippen LogP contribution in [0.1, 0.15) is 18.4 Å². The molecule has 0 aromatic heterocycles. The van der Waals surface area contributed by atoms with Crippen molar-refractivity contribution in [3.63, 3.8) is 0 Å². The van der Waals surface area contributed by atoms with Crippen LogP contribution in [0.15, 0.2) is 35.3 Å². The molecule has 0 radical (unpaired) electrons. The normalized spacial score (nSPS) is 13.2. The second kappa shape index (κ2) is 9.75. The maximum absolute atomic E-state index is 12.0. The summed E-state index contributed by atoms with van der Waals surface area (Å²) in [4.78, 5) is 15.8. The average molecular weight is 307 g/mol. The van der Waals surface area contributed by atoms with Crippen LogP contribution in [0.4, 0.5) is 0 Å². The van der Waals surface area contributed by atoms with Gasteiger partial charge in [-0.25, -0.2) is 0 Å². The Bertz CT molecular complexity index is 474. The highest BCUT2D eigenvalue weighted by molar-refractivity contribution is 5.81. The zero-order chi connectivity index (χ0) is 16.4. The summed E-state index contributed by atoms with van der Waals surface area (Å²) in [6, 6.07) is 8.66. The standard InChI is InChI=1S/C15H25N5O2/c16-13(7-4-8-19-15(17)18)14(22)20-12(10-21)9-11-5-2-1-3-6-11/h1-3,5-6,12-13,21H,4,7-10,16H2,(H,20,22)(H4,17,18,19)/t12-,13+/m0/s1. The Labute approximate surface area is 130 Å². The van der Waals surface area contributed by atoms with Crippen LogP contribution in [0.25, 0.3) is 0 Å². The largest absolute Gasteiger partial charge is 0.394 e. The lowest BCUT2D eigenvalue weighted by molar-refractivity contribution is -0.123. The van der Waals surface area contributed by atoms with Crippen LogP contribution >= 0.6 is 0 Å². The number of hydrogen-bond acceptors (Lipinski definition) is 4. The van der Waals surface area contributed by atoms with E-state index in [1.165, 1.54) is 0 Å². The summed E-state index contributed by atoms with van der Waals surface area (Å²) in [5, 5.41) is 12.2. The van der Waals surface area contributed by atoms with E-state index in [2.05, 4.69) is 10.3 Å². The van der Waals surface area contributed by atoms with Crippen LogP contribution in [-0.4, -0.2) is 42.2 Å². The monoisotopic (exact) mass is 307 g/mol. The van der Waals surface area contributed by atoms with Crippen LogP contribution in [0.3, 0.4) is 0 Å². The summed E-state index contributed by atoms with van der Waals surface area (Å²) in [5.41, 5.74) is 17.3. The summed E-state index contributed by atoms with van der Waals surface area (Å²) in [5.74, 6) is -0.249. The number of amides is 1. The number of benzene rings is 1. The predicted molar refractivity (Wildman–Crippen MR) is 87.0 cm³/mol. The molecule has 0 saturated heterocycles. The molecule has 0 spiro atoms. The first-order chi connectivity index (χ1) is 10.5. The van der Waals surface area contributed by atoms with Crippen molar-refractivity contribution >= 4 is 11.9 Å². The third kappa shape index (κ3) is 7.05. The van der Waals surface area contributed by atoms with Crippen LogP contribution in [0.2, 0.25) is 0 Å². The molecule has 8 N–H and O–H groups in total. The number of carbonyl (C=O) groups is 1. The van der Waals surface area contributed by atoms with E-state index in [4.69, 9.17) is 17.2 Å². The molecule has 0 aliphatic heterocycles. The van der Waals surface area contributed by atoms with Crippen molar-refractivity contribution in [2.24, 2.45) is 22.2 Å². The van der Waals surface area contributed by atoms with Crippen molar-refractivity contribution in [3.05, 3.63) is 35.9 Å². The summed E-state index contributed by atoms with van der Waals surface area (Å²) in [6.45, 7) is 0.304. The van der Waals surface area contributed by atoms with E-state index < -0.39 is 6.04 Å². The van der Waals surface area contributed by atoms with Gasteiger partial charge in [-0.05, 0) is 24.8 Å². The Morgan fingerprint density at radius 1 is 1.27 bits per heavy atom.